The van der Waals surface area contributed by atoms with E-state index < -0.39 is 12.0 Å². The molecule has 1 atom stereocenters. The zero-order valence-corrected chi connectivity index (χ0v) is 17.1. The van der Waals surface area contributed by atoms with Crippen molar-refractivity contribution in [3.8, 4) is 0 Å². The van der Waals surface area contributed by atoms with Gasteiger partial charge in [0, 0.05) is 43.9 Å². The van der Waals surface area contributed by atoms with Gasteiger partial charge < -0.3 is 20.3 Å². The molecule has 0 aliphatic carbocycles. The molecule has 4 rings (SSSR count). The number of rotatable bonds is 6. The van der Waals surface area contributed by atoms with Gasteiger partial charge in [-0.15, -0.1) is 0 Å². The lowest BCUT2D eigenvalue weighted by Gasteiger charge is -2.11. The number of fused-ring (bicyclic) bond motifs is 1. The van der Waals surface area contributed by atoms with Crippen LogP contribution in [0.1, 0.15) is 32.7 Å². The molecule has 1 aromatic heterocycles. The molecule has 3 aromatic rings. The van der Waals surface area contributed by atoms with Crippen LogP contribution in [0.4, 0.5) is 5.69 Å². The largest absolute Gasteiger partial charge is 0.478 e. The molecule has 0 saturated carbocycles. The maximum Gasteiger partial charge on any atom is 0.335 e. The van der Waals surface area contributed by atoms with E-state index in [2.05, 4.69) is 10.6 Å². The van der Waals surface area contributed by atoms with Gasteiger partial charge in [0.05, 0.1) is 5.56 Å². The van der Waals surface area contributed by atoms with Crippen molar-refractivity contribution in [1.29, 1.82) is 0 Å². The summed E-state index contributed by atoms with van der Waals surface area (Å²) in [5.74, 6) is -1.13. The number of pyridine rings is 1. The zero-order valence-electron chi connectivity index (χ0n) is 17.1. The molecule has 7 nitrogen and oxygen atoms in total. The van der Waals surface area contributed by atoms with Gasteiger partial charge in [-0.2, -0.15) is 0 Å². The van der Waals surface area contributed by atoms with Crippen molar-refractivity contribution in [2.45, 2.75) is 25.4 Å². The van der Waals surface area contributed by atoms with Crippen LogP contribution in [0.2, 0.25) is 0 Å². The minimum atomic E-state index is -0.985. The number of nitrogens with one attached hydrogen (secondary N) is 2. The Morgan fingerprint density at radius 2 is 1.81 bits per heavy atom. The summed E-state index contributed by atoms with van der Waals surface area (Å²) < 4.78 is 1.88. The predicted molar refractivity (Wildman–Crippen MR) is 117 cm³/mol. The lowest BCUT2D eigenvalue weighted by molar-refractivity contribution is -0.121. The Labute approximate surface area is 179 Å². The van der Waals surface area contributed by atoms with E-state index in [0.29, 0.717) is 30.6 Å². The SMILES string of the molecule is Cn1cc(Cc2ccc(C(=O)O)cc2)c(=O)c2c1CC(C(=O)NCc1ccccc1)N2. The first-order chi connectivity index (χ1) is 14.9. The molecular weight excluding hydrogens is 394 g/mol. The third-order valence-corrected chi connectivity index (χ3v) is 5.52. The summed E-state index contributed by atoms with van der Waals surface area (Å²) in [5, 5.41) is 15.1. The number of carbonyl (C=O) groups is 2. The van der Waals surface area contributed by atoms with Crippen molar-refractivity contribution < 1.29 is 14.7 Å². The Bertz CT molecular complexity index is 1180. The molecule has 3 N–H and O–H groups in total. The highest BCUT2D eigenvalue weighted by Crippen LogP contribution is 2.23. The second-order valence-corrected chi connectivity index (χ2v) is 7.70. The van der Waals surface area contributed by atoms with Crippen molar-refractivity contribution in [1.82, 2.24) is 9.88 Å². The Morgan fingerprint density at radius 3 is 2.48 bits per heavy atom. The number of amides is 1. The molecule has 7 heteroatoms. The Morgan fingerprint density at radius 1 is 1.10 bits per heavy atom. The number of benzene rings is 2. The second-order valence-electron chi connectivity index (χ2n) is 7.70. The van der Waals surface area contributed by atoms with Crippen LogP contribution in [0.5, 0.6) is 0 Å². The molecule has 31 heavy (non-hydrogen) atoms. The highest BCUT2D eigenvalue weighted by atomic mass is 16.4. The van der Waals surface area contributed by atoms with Gasteiger partial charge in [-0.3, -0.25) is 9.59 Å². The van der Waals surface area contributed by atoms with E-state index in [1.54, 1.807) is 18.3 Å². The summed E-state index contributed by atoms with van der Waals surface area (Å²) in [7, 11) is 1.86. The number of carbonyl (C=O) groups excluding carboxylic acids is 1. The Kier molecular flexibility index (Phi) is 5.58. The number of nitrogens with zero attached hydrogens (tertiary/aromatic N) is 1. The van der Waals surface area contributed by atoms with E-state index in [1.165, 1.54) is 12.1 Å². The van der Waals surface area contributed by atoms with Gasteiger partial charge >= 0.3 is 5.97 Å². The van der Waals surface area contributed by atoms with E-state index >= 15 is 0 Å². The van der Waals surface area contributed by atoms with Gasteiger partial charge in [-0.05, 0) is 23.3 Å². The third-order valence-electron chi connectivity index (χ3n) is 5.52. The molecule has 0 spiro atoms. The maximum atomic E-state index is 13.0. The zero-order chi connectivity index (χ0) is 22.0. The molecule has 1 amide bonds. The molecule has 1 aliphatic rings. The minimum absolute atomic E-state index is 0.131. The maximum absolute atomic E-state index is 13.0. The molecule has 1 aliphatic heterocycles. The van der Waals surface area contributed by atoms with Gasteiger partial charge in [-0.25, -0.2) is 4.79 Å². The molecule has 2 heterocycles. The molecule has 0 radical (unpaired) electrons. The van der Waals surface area contributed by atoms with Gasteiger partial charge in [0.1, 0.15) is 11.7 Å². The molecule has 2 aromatic carbocycles. The minimum Gasteiger partial charge on any atom is -0.478 e. The summed E-state index contributed by atoms with van der Waals surface area (Å²) >= 11 is 0. The number of aromatic nitrogens is 1. The lowest BCUT2D eigenvalue weighted by atomic mass is 10.0. The first-order valence-corrected chi connectivity index (χ1v) is 10.0. The van der Waals surface area contributed by atoms with E-state index in [1.807, 2.05) is 41.9 Å². The van der Waals surface area contributed by atoms with E-state index in [9.17, 15) is 14.4 Å². The number of carboxylic acids is 1. The number of hydrogen-bond acceptors (Lipinski definition) is 4. The topological polar surface area (TPSA) is 100 Å². The average molecular weight is 417 g/mol. The molecular formula is C24H23N3O4. The van der Waals surface area contributed by atoms with Crippen LogP contribution in [0, 0.1) is 0 Å². The summed E-state index contributed by atoms with van der Waals surface area (Å²) in [5.41, 5.74) is 3.78. The molecule has 0 bridgehead atoms. The van der Waals surface area contributed by atoms with E-state index in [4.69, 9.17) is 5.11 Å². The van der Waals surface area contributed by atoms with Crippen LogP contribution in [-0.4, -0.2) is 27.6 Å². The quantitative estimate of drug-likeness (QED) is 0.572. The van der Waals surface area contributed by atoms with Crippen molar-refractivity contribution in [2.75, 3.05) is 5.32 Å². The summed E-state index contributed by atoms with van der Waals surface area (Å²) in [6, 6.07) is 15.6. The Hall–Kier alpha value is -3.87. The van der Waals surface area contributed by atoms with Crippen LogP contribution in [-0.2, 0) is 31.2 Å². The van der Waals surface area contributed by atoms with Gasteiger partial charge in [0.25, 0.3) is 0 Å². The van der Waals surface area contributed by atoms with E-state index in [0.717, 1.165) is 16.8 Å². The van der Waals surface area contributed by atoms with Crippen LogP contribution >= 0.6 is 0 Å². The molecule has 0 saturated heterocycles. The van der Waals surface area contributed by atoms with Crippen molar-refractivity contribution in [3.05, 3.63) is 99.0 Å². The normalized spacial score (nSPS) is 14.5. The third kappa shape index (κ3) is 4.35. The average Bonchev–Trinajstić information content (AvgIpc) is 3.23. The first-order valence-electron chi connectivity index (χ1n) is 10.0. The monoisotopic (exact) mass is 417 g/mol. The number of carboxylic acid groups (broad SMARTS) is 1. The summed E-state index contributed by atoms with van der Waals surface area (Å²) in [6.07, 6.45) is 2.61. The number of aryl methyl sites for hydroxylation is 1. The highest BCUT2D eigenvalue weighted by Gasteiger charge is 2.30. The fraction of sp³-hybridized carbons (Fsp3) is 0.208. The summed E-state index contributed by atoms with van der Waals surface area (Å²) in [6.45, 7) is 0.433. The molecule has 1 unspecified atom stereocenters. The van der Waals surface area contributed by atoms with Crippen LogP contribution < -0.4 is 16.1 Å². The smallest absolute Gasteiger partial charge is 0.335 e. The van der Waals surface area contributed by atoms with Crippen LogP contribution in [0.25, 0.3) is 0 Å². The van der Waals surface area contributed by atoms with Gasteiger partial charge in [-0.1, -0.05) is 42.5 Å². The fourth-order valence-electron chi connectivity index (χ4n) is 3.83. The summed E-state index contributed by atoms with van der Waals surface area (Å²) in [4.78, 5) is 36.7. The number of aromatic carboxylic acids is 1. The number of anilines is 1. The van der Waals surface area contributed by atoms with Crippen molar-refractivity contribution in [2.24, 2.45) is 7.05 Å². The van der Waals surface area contributed by atoms with Crippen LogP contribution in [0.15, 0.2) is 65.6 Å². The standard InChI is InChI=1S/C24H23N3O4/c1-27-14-18(11-15-7-9-17(10-8-15)24(30)31)22(28)21-20(27)12-19(26-21)23(29)25-13-16-5-3-2-4-6-16/h2-10,14,19,26H,11-13H2,1H3,(H,25,29)(H,30,31). The van der Waals surface area contributed by atoms with Gasteiger partial charge in [0.2, 0.25) is 11.3 Å². The van der Waals surface area contributed by atoms with Crippen molar-refractivity contribution >= 4 is 17.6 Å². The Balaban J connectivity index is 1.48. The predicted octanol–water partition coefficient (Wildman–Crippen LogP) is 2.33. The first kappa shape index (κ1) is 20.4. The highest BCUT2D eigenvalue weighted by molar-refractivity contribution is 5.88. The lowest BCUT2D eigenvalue weighted by Crippen LogP contribution is -2.38. The molecule has 158 valence electrons. The molecule has 0 fully saturated rings. The second kappa shape index (κ2) is 8.47. The number of hydrogen-bond donors (Lipinski definition) is 3. The fourth-order valence-corrected chi connectivity index (χ4v) is 3.83. The van der Waals surface area contributed by atoms with Crippen molar-refractivity contribution in [3.63, 3.8) is 0 Å². The van der Waals surface area contributed by atoms with Gasteiger partial charge in [0.15, 0.2) is 0 Å². The van der Waals surface area contributed by atoms with Crippen LogP contribution in [0.3, 0.4) is 0 Å². The van der Waals surface area contributed by atoms with E-state index in [-0.39, 0.29) is 16.9 Å².